The Kier molecular flexibility index (Phi) is 3.79. The predicted molar refractivity (Wildman–Crippen MR) is 77.2 cm³/mol. The average Bonchev–Trinajstić information content (AvgIpc) is 2.88. The highest BCUT2D eigenvalue weighted by molar-refractivity contribution is 7.88. The van der Waals surface area contributed by atoms with Gasteiger partial charge in [0.1, 0.15) is 0 Å². The standard InChI is InChI=1S/C13H17F3N4O2S/c1-23(21,22)20-5-3-13(15,16)12(9-20)2-4-19(8-12)11-17-6-10(14)7-18-11/h6-7H,2-5,8-9H2,1H3. The number of hydrogen-bond donors (Lipinski definition) is 0. The zero-order chi connectivity index (χ0) is 16.9. The number of aromatic nitrogens is 2. The molecule has 3 rings (SSSR count). The molecule has 3 heterocycles. The molecule has 23 heavy (non-hydrogen) atoms. The number of alkyl halides is 2. The van der Waals surface area contributed by atoms with Crippen molar-refractivity contribution in [3.63, 3.8) is 0 Å². The van der Waals surface area contributed by atoms with Crippen LogP contribution in [0.1, 0.15) is 12.8 Å². The van der Waals surface area contributed by atoms with Crippen LogP contribution < -0.4 is 4.90 Å². The minimum atomic E-state index is -3.53. The molecular weight excluding hydrogens is 333 g/mol. The molecule has 2 fully saturated rings. The SMILES string of the molecule is CS(=O)(=O)N1CCC(F)(F)C2(CCN(c3ncc(F)cn3)C2)C1. The lowest BCUT2D eigenvalue weighted by Crippen LogP contribution is -2.58. The van der Waals surface area contributed by atoms with Crippen LogP contribution in [0.5, 0.6) is 0 Å². The highest BCUT2D eigenvalue weighted by atomic mass is 32.2. The molecule has 1 atom stereocenters. The molecule has 2 aliphatic rings. The predicted octanol–water partition coefficient (Wildman–Crippen LogP) is 1.11. The number of anilines is 1. The Bertz CT molecular complexity index is 698. The minimum Gasteiger partial charge on any atom is -0.340 e. The van der Waals surface area contributed by atoms with Crippen molar-refractivity contribution in [1.82, 2.24) is 14.3 Å². The monoisotopic (exact) mass is 350 g/mol. The zero-order valence-corrected chi connectivity index (χ0v) is 13.4. The third-order valence-electron chi connectivity index (χ3n) is 4.64. The van der Waals surface area contributed by atoms with Crippen molar-refractivity contribution in [3.05, 3.63) is 18.2 Å². The zero-order valence-electron chi connectivity index (χ0n) is 12.5. The Balaban J connectivity index is 1.86. The minimum absolute atomic E-state index is 0.0579. The van der Waals surface area contributed by atoms with Gasteiger partial charge in [-0.05, 0) is 6.42 Å². The first-order valence-corrected chi connectivity index (χ1v) is 9.03. The second-order valence-electron chi connectivity index (χ2n) is 6.20. The van der Waals surface area contributed by atoms with Crippen LogP contribution in [0.25, 0.3) is 0 Å². The van der Waals surface area contributed by atoms with Gasteiger partial charge in [-0.25, -0.2) is 35.9 Å². The van der Waals surface area contributed by atoms with Crippen molar-refractivity contribution >= 4 is 16.0 Å². The van der Waals surface area contributed by atoms with Gasteiger partial charge in [0.05, 0.1) is 24.1 Å². The summed E-state index contributed by atoms with van der Waals surface area (Å²) >= 11 is 0. The summed E-state index contributed by atoms with van der Waals surface area (Å²) in [4.78, 5) is 9.19. The highest BCUT2D eigenvalue weighted by Gasteiger charge is 2.60. The van der Waals surface area contributed by atoms with Crippen LogP contribution in [-0.4, -0.2) is 61.0 Å². The van der Waals surface area contributed by atoms with Crippen molar-refractivity contribution in [2.45, 2.75) is 18.8 Å². The van der Waals surface area contributed by atoms with Crippen LogP contribution in [-0.2, 0) is 10.0 Å². The van der Waals surface area contributed by atoms with Crippen molar-refractivity contribution in [2.24, 2.45) is 5.41 Å². The summed E-state index contributed by atoms with van der Waals surface area (Å²) in [6.07, 6.45) is 2.62. The summed E-state index contributed by atoms with van der Waals surface area (Å²) in [7, 11) is -3.53. The molecule has 1 aromatic rings. The van der Waals surface area contributed by atoms with Crippen LogP contribution in [0.4, 0.5) is 19.1 Å². The summed E-state index contributed by atoms with van der Waals surface area (Å²) in [6.45, 7) is -0.187. The van der Waals surface area contributed by atoms with E-state index in [0.29, 0.717) is 0 Å². The molecule has 0 amide bonds. The fraction of sp³-hybridized carbons (Fsp3) is 0.692. The Hall–Kier alpha value is -1.42. The fourth-order valence-corrected chi connectivity index (χ4v) is 4.19. The maximum Gasteiger partial charge on any atom is 0.257 e. The van der Waals surface area contributed by atoms with Gasteiger partial charge < -0.3 is 4.90 Å². The first kappa shape index (κ1) is 16.4. The van der Waals surface area contributed by atoms with Gasteiger partial charge in [0.25, 0.3) is 5.92 Å². The molecule has 6 nitrogen and oxygen atoms in total. The van der Waals surface area contributed by atoms with Crippen LogP contribution in [0.3, 0.4) is 0 Å². The van der Waals surface area contributed by atoms with Crippen molar-refractivity contribution in [3.8, 4) is 0 Å². The van der Waals surface area contributed by atoms with E-state index in [1.807, 2.05) is 0 Å². The summed E-state index contributed by atoms with van der Waals surface area (Å²) in [5.41, 5.74) is -1.47. The summed E-state index contributed by atoms with van der Waals surface area (Å²) in [5.74, 6) is -3.40. The van der Waals surface area contributed by atoms with Gasteiger partial charge in [0, 0.05) is 32.6 Å². The maximum absolute atomic E-state index is 14.5. The summed E-state index contributed by atoms with van der Waals surface area (Å²) in [5, 5.41) is 0. The lowest BCUT2D eigenvalue weighted by molar-refractivity contribution is -0.145. The van der Waals surface area contributed by atoms with E-state index in [1.165, 1.54) is 0 Å². The number of sulfonamides is 1. The van der Waals surface area contributed by atoms with Gasteiger partial charge >= 0.3 is 0 Å². The Morgan fingerprint density at radius 3 is 2.39 bits per heavy atom. The molecule has 1 spiro atoms. The molecule has 2 aliphatic heterocycles. The quantitative estimate of drug-likeness (QED) is 0.799. The number of halogens is 3. The van der Waals surface area contributed by atoms with Crippen molar-refractivity contribution in [1.29, 1.82) is 0 Å². The van der Waals surface area contributed by atoms with Gasteiger partial charge in [-0.1, -0.05) is 0 Å². The number of nitrogens with zero attached hydrogens (tertiary/aromatic N) is 4. The third-order valence-corrected chi connectivity index (χ3v) is 5.89. The lowest BCUT2D eigenvalue weighted by atomic mass is 9.76. The van der Waals surface area contributed by atoms with Crippen molar-refractivity contribution in [2.75, 3.05) is 37.3 Å². The molecule has 0 radical (unpaired) electrons. The molecule has 0 saturated carbocycles. The van der Waals surface area contributed by atoms with Crippen LogP contribution in [0, 0.1) is 11.2 Å². The summed E-state index contributed by atoms with van der Waals surface area (Å²) < 4.78 is 66.5. The van der Waals surface area contributed by atoms with Gasteiger partial charge in [-0.15, -0.1) is 0 Å². The normalized spacial score (nSPS) is 28.4. The molecule has 0 N–H and O–H groups in total. The molecule has 1 unspecified atom stereocenters. The Morgan fingerprint density at radius 2 is 1.78 bits per heavy atom. The Labute approximate surface area is 132 Å². The highest BCUT2D eigenvalue weighted by Crippen LogP contribution is 2.50. The number of piperidine rings is 1. The van der Waals surface area contributed by atoms with Crippen LogP contribution >= 0.6 is 0 Å². The molecule has 2 saturated heterocycles. The summed E-state index contributed by atoms with van der Waals surface area (Å²) in [6, 6.07) is 0. The van der Waals surface area contributed by atoms with E-state index >= 15 is 0 Å². The van der Waals surface area contributed by atoms with Gasteiger partial charge in [0.15, 0.2) is 5.82 Å². The van der Waals surface area contributed by atoms with E-state index in [1.54, 1.807) is 4.90 Å². The van der Waals surface area contributed by atoms with E-state index in [-0.39, 0.29) is 38.5 Å². The molecular formula is C13H17F3N4O2S. The van der Waals surface area contributed by atoms with E-state index in [9.17, 15) is 21.6 Å². The van der Waals surface area contributed by atoms with E-state index < -0.39 is 33.6 Å². The van der Waals surface area contributed by atoms with Crippen molar-refractivity contribution < 1.29 is 21.6 Å². The number of hydrogen-bond acceptors (Lipinski definition) is 5. The van der Waals surface area contributed by atoms with E-state index in [4.69, 9.17) is 0 Å². The van der Waals surface area contributed by atoms with E-state index in [0.717, 1.165) is 23.0 Å². The Morgan fingerprint density at radius 1 is 1.13 bits per heavy atom. The first-order chi connectivity index (χ1) is 10.6. The fourth-order valence-electron chi connectivity index (χ4n) is 3.29. The molecule has 0 aromatic carbocycles. The van der Waals surface area contributed by atoms with E-state index in [2.05, 4.69) is 9.97 Å². The second-order valence-corrected chi connectivity index (χ2v) is 8.19. The largest absolute Gasteiger partial charge is 0.340 e. The first-order valence-electron chi connectivity index (χ1n) is 7.18. The topological polar surface area (TPSA) is 66.4 Å². The number of rotatable bonds is 2. The average molecular weight is 350 g/mol. The maximum atomic E-state index is 14.5. The van der Waals surface area contributed by atoms with Crippen LogP contribution in [0.2, 0.25) is 0 Å². The third kappa shape index (κ3) is 2.89. The molecule has 0 bridgehead atoms. The van der Waals surface area contributed by atoms with Gasteiger partial charge in [0.2, 0.25) is 16.0 Å². The van der Waals surface area contributed by atoms with Crippen LogP contribution in [0.15, 0.2) is 12.4 Å². The molecule has 0 aliphatic carbocycles. The molecule has 10 heteroatoms. The smallest absolute Gasteiger partial charge is 0.257 e. The van der Waals surface area contributed by atoms with Gasteiger partial charge in [-0.3, -0.25) is 0 Å². The molecule has 1 aromatic heterocycles. The second kappa shape index (κ2) is 5.30. The molecule has 128 valence electrons. The van der Waals surface area contributed by atoms with Gasteiger partial charge in [-0.2, -0.15) is 0 Å². The lowest BCUT2D eigenvalue weighted by Gasteiger charge is -2.44.